The lowest BCUT2D eigenvalue weighted by atomic mass is 10.1. The third-order valence-electron chi connectivity index (χ3n) is 3.60. The second kappa shape index (κ2) is 15.0. The van der Waals surface area contributed by atoms with Crippen LogP contribution in [0.5, 0.6) is 0 Å². The molecule has 0 amide bonds. The molecule has 0 bridgehead atoms. The Balaban J connectivity index is 3.88. The monoisotopic (exact) mass is 388 g/mol. The van der Waals surface area contributed by atoms with Gasteiger partial charge in [0.15, 0.2) is 6.10 Å². The Morgan fingerprint density at radius 3 is 1.74 bits per heavy atom. The van der Waals surface area contributed by atoms with Crippen molar-refractivity contribution in [3.63, 3.8) is 0 Å². The summed E-state index contributed by atoms with van der Waals surface area (Å²) >= 11 is 0. The summed E-state index contributed by atoms with van der Waals surface area (Å²) in [7, 11) is 0. The Bertz CT molecular complexity index is 456. The van der Waals surface area contributed by atoms with Gasteiger partial charge in [-0.2, -0.15) is 0 Å². The van der Waals surface area contributed by atoms with Crippen LogP contribution < -0.4 is 0 Å². The Kier molecular flexibility index (Phi) is 13.8. The number of hydrogen-bond donors (Lipinski definition) is 0. The maximum absolute atomic E-state index is 11.9. The first-order valence-electron chi connectivity index (χ1n) is 9.34. The van der Waals surface area contributed by atoms with Gasteiger partial charge in [-0.15, -0.1) is 0 Å². The molecule has 0 aliphatic rings. The molecule has 8 nitrogen and oxygen atoms in total. The second-order valence-corrected chi connectivity index (χ2v) is 6.44. The van der Waals surface area contributed by atoms with Crippen molar-refractivity contribution in [1.82, 2.24) is 0 Å². The topological polar surface area (TPSA) is 105 Å². The molecule has 0 saturated carbocycles. The normalized spacial score (nSPS) is 11.6. The number of carbonyl (C=O) groups is 4. The summed E-state index contributed by atoms with van der Waals surface area (Å²) in [6, 6.07) is 0. The fraction of sp³-hybridized carbons (Fsp3) is 0.789. The van der Waals surface area contributed by atoms with Crippen molar-refractivity contribution in [3.8, 4) is 0 Å². The minimum atomic E-state index is -0.798. The molecule has 0 spiro atoms. The van der Waals surface area contributed by atoms with Gasteiger partial charge in [-0.25, -0.2) is 0 Å². The second-order valence-electron chi connectivity index (χ2n) is 6.44. The summed E-state index contributed by atoms with van der Waals surface area (Å²) in [5.41, 5.74) is 0. The minimum Gasteiger partial charge on any atom is -0.463 e. The van der Waals surface area contributed by atoms with Gasteiger partial charge in [0.1, 0.15) is 13.2 Å². The van der Waals surface area contributed by atoms with E-state index in [0.29, 0.717) is 6.42 Å². The van der Waals surface area contributed by atoms with Gasteiger partial charge >= 0.3 is 23.9 Å². The third kappa shape index (κ3) is 17.1. The summed E-state index contributed by atoms with van der Waals surface area (Å²) in [5.74, 6) is -1.67. The van der Waals surface area contributed by atoms with E-state index in [2.05, 4.69) is 0 Å². The number of esters is 4. The lowest BCUT2D eigenvalue weighted by Gasteiger charge is -2.17. The van der Waals surface area contributed by atoms with Crippen molar-refractivity contribution in [2.75, 3.05) is 13.2 Å². The summed E-state index contributed by atoms with van der Waals surface area (Å²) in [4.78, 5) is 44.4. The summed E-state index contributed by atoms with van der Waals surface area (Å²) < 4.78 is 19.9. The number of carbonyl (C=O) groups excluding carboxylic acids is 4. The number of ether oxygens (including phenoxy) is 4. The number of rotatable bonds is 14. The van der Waals surface area contributed by atoms with Crippen molar-refractivity contribution in [3.05, 3.63) is 0 Å². The first kappa shape index (κ1) is 24.9. The van der Waals surface area contributed by atoms with Crippen LogP contribution in [-0.2, 0) is 38.1 Å². The Labute approximate surface area is 160 Å². The lowest BCUT2D eigenvalue weighted by molar-refractivity contribution is -0.165. The molecule has 1 unspecified atom stereocenters. The van der Waals surface area contributed by atoms with Gasteiger partial charge in [0.05, 0.1) is 6.10 Å². The molecule has 8 heteroatoms. The van der Waals surface area contributed by atoms with Crippen molar-refractivity contribution < 1.29 is 38.1 Å². The number of hydrogen-bond acceptors (Lipinski definition) is 8. The van der Waals surface area contributed by atoms with Crippen LogP contribution in [0.3, 0.4) is 0 Å². The minimum absolute atomic E-state index is 0.0659. The van der Waals surface area contributed by atoms with Gasteiger partial charge in [-0.3, -0.25) is 19.2 Å². The Morgan fingerprint density at radius 1 is 0.704 bits per heavy atom. The van der Waals surface area contributed by atoms with Gasteiger partial charge < -0.3 is 18.9 Å². The molecule has 0 rings (SSSR count). The average molecular weight is 388 g/mol. The first-order valence-corrected chi connectivity index (χ1v) is 9.34. The highest BCUT2D eigenvalue weighted by Crippen LogP contribution is 2.11. The molecule has 1 atom stereocenters. The van der Waals surface area contributed by atoms with E-state index >= 15 is 0 Å². The predicted octanol–water partition coefficient (Wildman–Crippen LogP) is 2.71. The molecule has 0 fully saturated rings. The SMILES string of the molecule is CC(=O)OCC(COC(C)=O)OC(=O)CCCCCCCC(C)OC(C)=O. The molecule has 0 heterocycles. The van der Waals surface area contributed by atoms with Gasteiger partial charge in [-0.05, 0) is 26.2 Å². The summed E-state index contributed by atoms with van der Waals surface area (Å²) in [6.07, 6.45) is 4.73. The lowest BCUT2D eigenvalue weighted by Crippen LogP contribution is -2.30. The van der Waals surface area contributed by atoms with Crippen LogP contribution in [0.2, 0.25) is 0 Å². The first-order chi connectivity index (χ1) is 12.7. The molecule has 0 saturated heterocycles. The average Bonchev–Trinajstić information content (AvgIpc) is 2.55. The molecule has 0 aromatic carbocycles. The van der Waals surface area contributed by atoms with Crippen LogP contribution in [-0.4, -0.2) is 49.3 Å². The standard InChI is InChI=1S/C19H32O8/c1-14(26-17(4)22)10-8-6-5-7-9-11-19(23)27-18(12-24-15(2)20)13-25-16(3)21/h14,18H,5-13H2,1-4H3. The molecule has 0 aliphatic carbocycles. The van der Waals surface area contributed by atoms with Crippen molar-refractivity contribution in [2.24, 2.45) is 0 Å². The van der Waals surface area contributed by atoms with Gasteiger partial charge in [0.25, 0.3) is 0 Å². The third-order valence-corrected chi connectivity index (χ3v) is 3.60. The zero-order valence-electron chi connectivity index (χ0n) is 16.8. The zero-order chi connectivity index (χ0) is 20.7. The van der Waals surface area contributed by atoms with Crippen LogP contribution in [0.4, 0.5) is 0 Å². The van der Waals surface area contributed by atoms with Crippen LogP contribution in [0.25, 0.3) is 0 Å². The maximum atomic E-state index is 11.9. The molecule has 0 aliphatic heterocycles. The largest absolute Gasteiger partial charge is 0.463 e. The van der Waals surface area contributed by atoms with Gasteiger partial charge in [0, 0.05) is 27.2 Å². The van der Waals surface area contributed by atoms with E-state index in [9.17, 15) is 19.2 Å². The fourth-order valence-corrected chi connectivity index (χ4v) is 2.36. The maximum Gasteiger partial charge on any atom is 0.306 e. The van der Waals surface area contributed by atoms with E-state index in [1.54, 1.807) is 0 Å². The summed E-state index contributed by atoms with van der Waals surface area (Å²) in [6.45, 7) is 5.48. The highest BCUT2D eigenvalue weighted by molar-refractivity contribution is 5.70. The molecule has 156 valence electrons. The van der Waals surface area contributed by atoms with Crippen molar-refractivity contribution >= 4 is 23.9 Å². The molecular weight excluding hydrogens is 356 g/mol. The smallest absolute Gasteiger partial charge is 0.306 e. The quantitative estimate of drug-likeness (QED) is 0.254. The van der Waals surface area contributed by atoms with Crippen molar-refractivity contribution in [1.29, 1.82) is 0 Å². The molecule has 0 radical (unpaired) electrons. The van der Waals surface area contributed by atoms with Crippen LogP contribution >= 0.6 is 0 Å². The van der Waals surface area contributed by atoms with E-state index in [1.807, 2.05) is 6.92 Å². The van der Waals surface area contributed by atoms with Crippen molar-refractivity contribution in [2.45, 2.75) is 84.8 Å². The predicted molar refractivity (Wildman–Crippen MR) is 96.7 cm³/mol. The van der Waals surface area contributed by atoms with Crippen LogP contribution in [0, 0.1) is 0 Å². The Hall–Kier alpha value is -2.12. The molecular formula is C19H32O8. The van der Waals surface area contributed by atoms with Crippen LogP contribution in [0.15, 0.2) is 0 Å². The van der Waals surface area contributed by atoms with E-state index in [-0.39, 0.29) is 31.7 Å². The number of unbranched alkanes of at least 4 members (excludes halogenated alkanes) is 4. The molecule has 0 N–H and O–H groups in total. The van der Waals surface area contributed by atoms with E-state index in [0.717, 1.165) is 32.1 Å². The molecule has 0 aromatic heterocycles. The van der Waals surface area contributed by atoms with Gasteiger partial charge in [0.2, 0.25) is 0 Å². The van der Waals surface area contributed by atoms with Crippen LogP contribution in [0.1, 0.15) is 72.6 Å². The summed E-state index contributed by atoms with van der Waals surface area (Å²) in [5, 5.41) is 0. The highest BCUT2D eigenvalue weighted by atomic mass is 16.6. The molecule has 0 aromatic rings. The van der Waals surface area contributed by atoms with E-state index < -0.39 is 24.0 Å². The van der Waals surface area contributed by atoms with E-state index in [1.165, 1.54) is 20.8 Å². The zero-order valence-corrected chi connectivity index (χ0v) is 16.8. The van der Waals surface area contributed by atoms with E-state index in [4.69, 9.17) is 18.9 Å². The Morgan fingerprint density at radius 2 is 1.22 bits per heavy atom. The van der Waals surface area contributed by atoms with Gasteiger partial charge in [-0.1, -0.05) is 19.3 Å². The highest BCUT2D eigenvalue weighted by Gasteiger charge is 2.17. The fourth-order valence-electron chi connectivity index (χ4n) is 2.36. The molecule has 27 heavy (non-hydrogen) atoms.